The van der Waals surface area contributed by atoms with Crippen LogP contribution in [0.25, 0.3) is 0 Å². The van der Waals surface area contributed by atoms with Crippen molar-refractivity contribution in [3.8, 4) is 0 Å². The second kappa shape index (κ2) is 6.91. The first-order valence-electron chi connectivity index (χ1n) is 7.02. The number of amides is 2. The molecule has 1 aromatic carbocycles. The van der Waals surface area contributed by atoms with Gasteiger partial charge < -0.3 is 15.7 Å². The zero-order valence-electron chi connectivity index (χ0n) is 11.9. The number of aliphatic hydroxyl groups excluding tert-OH is 1. The Labute approximate surface area is 128 Å². The molecule has 0 aromatic heterocycles. The molecule has 5 nitrogen and oxygen atoms in total. The van der Waals surface area contributed by atoms with E-state index in [4.69, 9.17) is 11.6 Å². The van der Waals surface area contributed by atoms with Gasteiger partial charge >= 0.3 is 0 Å². The molecule has 1 aliphatic rings. The van der Waals surface area contributed by atoms with E-state index in [1.54, 1.807) is 18.2 Å². The lowest BCUT2D eigenvalue weighted by Gasteiger charge is -2.24. The summed E-state index contributed by atoms with van der Waals surface area (Å²) in [5.41, 5.74) is 1.07. The largest absolute Gasteiger partial charge is 0.393 e. The number of nitrogens with one attached hydrogen (secondary N) is 2. The van der Waals surface area contributed by atoms with E-state index in [1.165, 1.54) is 6.92 Å². The number of halogens is 1. The molecule has 0 saturated heterocycles. The van der Waals surface area contributed by atoms with Crippen LogP contribution < -0.4 is 10.6 Å². The summed E-state index contributed by atoms with van der Waals surface area (Å²) in [6, 6.07) is 4.97. The quantitative estimate of drug-likeness (QED) is 0.803. The van der Waals surface area contributed by atoms with Gasteiger partial charge in [-0.3, -0.25) is 9.59 Å². The number of carbonyl (C=O) groups excluding carboxylic acids is 2. The molecular weight excluding hydrogens is 292 g/mol. The van der Waals surface area contributed by atoms with E-state index in [0.717, 1.165) is 0 Å². The highest BCUT2D eigenvalue weighted by Gasteiger charge is 2.25. The Kier molecular flexibility index (Phi) is 5.20. The number of hydrogen-bond acceptors (Lipinski definition) is 3. The van der Waals surface area contributed by atoms with Gasteiger partial charge in [0.05, 0.1) is 16.8 Å². The van der Waals surface area contributed by atoms with Crippen LogP contribution >= 0.6 is 11.6 Å². The van der Waals surface area contributed by atoms with Crippen molar-refractivity contribution < 1.29 is 14.7 Å². The van der Waals surface area contributed by atoms with E-state index in [2.05, 4.69) is 10.6 Å². The summed E-state index contributed by atoms with van der Waals surface area (Å²) < 4.78 is 0. The molecule has 0 aliphatic heterocycles. The molecule has 1 aliphatic carbocycles. The molecule has 0 spiro atoms. The lowest BCUT2D eigenvalue weighted by atomic mass is 9.87. The minimum Gasteiger partial charge on any atom is -0.393 e. The van der Waals surface area contributed by atoms with E-state index in [1.807, 2.05) is 0 Å². The Morgan fingerprint density at radius 1 is 1.19 bits per heavy atom. The maximum absolute atomic E-state index is 12.2. The van der Waals surface area contributed by atoms with Crippen LogP contribution in [-0.4, -0.2) is 23.0 Å². The molecule has 2 amide bonds. The fraction of sp³-hybridized carbons (Fsp3) is 0.467. The summed E-state index contributed by atoms with van der Waals surface area (Å²) in [6.07, 6.45) is 2.43. The molecule has 0 radical (unpaired) electrons. The summed E-state index contributed by atoms with van der Waals surface area (Å²) in [5.74, 6) is -0.354. The maximum Gasteiger partial charge on any atom is 0.227 e. The van der Waals surface area contributed by atoms with Gasteiger partial charge in [0.2, 0.25) is 11.8 Å². The standard InChI is InChI=1S/C15H19ClN2O3/c1-9(19)17-14-8-11(4-7-13(14)16)18-15(21)10-2-5-12(20)6-3-10/h4,7-8,10,12,20H,2-3,5-6H2,1H3,(H,17,19)(H,18,21). The Balaban J connectivity index is 2.02. The highest BCUT2D eigenvalue weighted by molar-refractivity contribution is 6.33. The number of anilines is 2. The van der Waals surface area contributed by atoms with E-state index in [-0.39, 0.29) is 23.8 Å². The molecule has 1 aromatic rings. The van der Waals surface area contributed by atoms with Crippen LogP contribution in [-0.2, 0) is 9.59 Å². The molecule has 114 valence electrons. The highest BCUT2D eigenvalue weighted by Crippen LogP contribution is 2.28. The van der Waals surface area contributed by atoms with Crippen LogP contribution in [0.1, 0.15) is 32.6 Å². The fourth-order valence-electron chi connectivity index (χ4n) is 2.47. The van der Waals surface area contributed by atoms with Crippen LogP contribution in [0, 0.1) is 5.92 Å². The first-order valence-corrected chi connectivity index (χ1v) is 7.39. The third kappa shape index (κ3) is 4.44. The Morgan fingerprint density at radius 3 is 2.48 bits per heavy atom. The van der Waals surface area contributed by atoms with Crippen LogP contribution in [0.15, 0.2) is 18.2 Å². The zero-order chi connectivity index (χ0) is 15.4. The van der Waals surface area contributed by atoms with Crippen LogP contribution in [0.3, 0.4) is 0 Å². The zero-order valence-corrected chi connectivity index (χ0v) is 12.6. The average molecular weight is 311 g/mol. The van der Waals surface area contributed by atoms with Gasteiger partial charge in [0, 0.05) is 18.5 Å². The molecule has 0 heterocycles. The van der Waals surface area contributed by atoms with E-state index < -0.39 is 0 Å². The molecule has 21 heavy (non-hydrogen) atoms. The van der Waals surface area contributed by atoms with Gasteiger partial charge in [-0.25, -0.2) is 0 Å². The fourth-order valence-corrected chi connectivity index (χ4v) is 2.64. The molecular formula is C15H19ClN2O3. The topological polar surface area (TPSA) is 78.4 Å². The number of carbonyl (C=O) groups is 2. The normalized spacial score (nSPS) is 21.7. The lowest BCUT2D eigenvalue weighted by Crippen LogP contribution is -2.28. The summed E-state index contributed by atoms with van der Waals surface area (Å²) in [6.45, 7) is 1.40. The smallest absolute Gasteiger partial charge is 0.227 e. The van der Waals surface area contributed by atoms with Crippen molar-refractivity contribution >= 4 is 34.8 Å². The van der Waals surface area contributed by atoms with Gasteiger partial charge in [-0.05, 0) is 43.9 Å². The summed E-state index contributed by atoms with van der Waals surface area (Å²) in [5, 5.41) is 15.3. The molecule has 2 rings (SSSR count). The van der Waals surface area contributed by atoms with Gasteiger partial charge in [0.15, 0.2) is 0 Å². The number of benzene rings is 1. The van der Waals surface area contributed by atoms with Gasteiger partial charge in [-0.15, -0.1) is 0 Å². The molecule has 0 unspecified atom stereocenters. The first-order chi connectivity index (χ1) is 9.95. The Morgan fingerprint density at radius 2 is 1.86 bits per heavy atom. The van der Waals surface area contributed by atoms with E-state index >= 15 is 0 Å². The van der Waals surface area contributed by atoms with Crippen molar-refractivity contribution in [2.24, 2.45) is 5.92 Å². The molecule has 1 fully saturated rings. The van der Waals surface area contributed by atoms with Crippen LogP contribution in [0.2, 0.25) is 5.02 Å². The Bertz CT molecular complexity index is 540. The van der Waals surface area contributed by atoms with Crippen LogP contribution in [0.4, 0.5) is 11.4 Å². The van der Waals surface area contributed by atoms with Gasteiger partial charge in [-0.2, -0.15) is 0 Å². The Hall–Kier alpha value is -1.59. The van der Waals surface area contributed by atoms with E-state index in [9.17, 15) is 14.7 Å². The van der Waals surface area contributed by atoms with Crippen molar-refractivity contribution in [3.63, 3.8) is 0 Å². The first kappa shape index (κ1) is 15.8. The maximum atomic E-state index is 12.2. The van der Waals surface area contributed by atoms with Gasteiger partial charge in [0.1, 0.15) is 0 Å². The summed E-state index contributed by atoms with van der Waals surface area (Å²) in [4.78, 5) is 23.3. The summed E-state index contributed by atoms with van der Waals surface area (Å²) in [7, 11) is 0. The minimum absolute atomic E-state index is 0.0574. The lowest BCUT2D eigenvalue weighted by molar-refractivity contribution is -0.121. The molecule has 0 bridgehead atoms. The van der Waals surface area contributed by atoms with Crippen molar-refractivity contribution in [2.75, 3.05) is 10.6 Å². The predicted molar refractivity (Wildman–Crippen MR) is 82.4 cm³/mol. The van der Waals surface area contributed by atoms with Crippen molar-refractivity contribution in [2.45, 2.75) is 38.7 Å². The van der Waals surface area contributed by atoms with Crippen molar-refractivity contribution in [3.05, 3.63) is 23.2 Å². The molecule has 1 saturated carbocycles. The molecule has 0 atom stereocenters. The monoisotopic (exact) mass is 310 g/mol. The second-order valence-electron chi connectivity index (χ2n) is 5.37. The number of hydrogen-bond donors (Lipinski definition) is 3. The van der Waals surface area contributed by atoms with Crippen molar-refractivity contribution in [1.82, 2.24) is 0 Å². The average Bonchev–Trinajstić information content (AvgIpc) is 2.42. The SMILES string of the molecule is CC(=O)Nc1cc(NC(=O)C2CCC(O)CC2)ccc1Cl. The minimum atomic E-state index is -0.282. The van der Waals surface area contributed by atoms with Crippen LogP contribution in [0.5, 0.6) is 0 Å². The van der Waals surface area contributed by atoms with Gasteiger partial charge in [-0.1, -0.05) is 11.6 Å². The third-order valence-corrected chi connectivity index (χ3v) is 3.94. The molecule has 6 heteroatoms. The van der Waals surface area contributed by atoms with E-state index in [0.29, 0.717) is 42.1 Å². The van der Waals surface area contributed by atoms with Crippen molar-refractivity contribution in [1.29, 1.82) is 0 Å². The summed E-state index contributed by atoms with van der Waals surface area (Å²) >= 11 is 5.99. The number of rotatable bonds is 3. The predicted octanol–water partition coefficient (Wildman–Crippen LogP) is 2.79. The second-order valence-corrected chi connectivity index (χ2v) is 5.78. The third-order valence-electron chi connectivity index (χ3n) is 3.61. The van der Waals surface area contributed by atoms with Gasteiger partial charge in [0.25, 0.3) is 0 Å². The highest BCUT2D eigenvalue weighted by atomic mass is 35.5. The number of aliphatic hydroxyl groups is 1. The molecule has 3 N–H and O–H groups in total.